The molecular formula is C11H21NO3. The van der Waals surface area contributed by atoms with Gasteiger partial charge in [-0.05, 0) is 25.8 Å². The molecule has 4 heteroatoms. The van der Waals surface area contributed by atoms with Crippen LogP contribution in [0.25, 0.3) is 0 Å². The van der Waals surface area contributed by atoms with E-state index in [0.717, 1.165) is 51.9 Å². The van der Waals surface area contributed by atoms with E-state index in [1.165, 1.54) is 0 Å². The van der Waals surface area contributed by atoms with Gasteiger partial charge in [0.05, 0.1) is 13.2 Å². The van der Waals surface area contributed by atoms with Gasteiger partial charge in [-0.3, -0.25) is 0 Å². The number of hydrogen-bond acceptors (Lipinski definition) is 4. The fourth-order valence-corrected chi connectivity index (χ4v) is 2.43. The third kappa shape index (κ3) is 2.91. The van der Waals surface area contributed by atoms with Crippen molar-refractivity contribution < 1.29 is 14.6 Å². The van der Waals surface area contributed by atoms with Crippen LogP contribution < -0.4 is 5.32 Å². The molecule has 1 heterocycles. The number of hydrogen-bond donors (Lipinski definition) is 2. The summed E-state index contributed by atoms with van der Waals surface area (Å²) in [5.74, 6) is -0.241. The van der Waals surface area contributed by atoms with Crippen LogP contribution >= 0.6 is 0 Å². The lowest BCUT2D eigenvalue weighted by Crippen LogP contribution is -2.42. The summed E-state index contributed by atoms with van der Waals surface area (Å²) >= 11 is 0. The molecule has 0 aromatic rings. The number of aliphatic hydroxyl groups is 1. The molecule has 0 bridgehead atoms. The van der Waals surface area contributed by atoms with Crippen molar-refractivity contribution in [3.05, 3.63) is 0 Å². The average Bonchev–Trinajstić information content (AvgIpc) is 2.71. The molecule has 4 nitrogen and oxygen atoms in total. The number of rotatable bonds is 4. The average molecular weight is 215 g/mol. The van der Waals surface area contributed by atoms with Crippen molar-refractivity contribution >= 4 is 0 Å². The Morgan fingerprint density at radius 1 is 1.20 bits per heavy atom. The van der Waals surface area contributed by atoms with E-state index in [2.05, 4.69) is 5.32 Å². The first kappa shape index (κ1) is 11.3. The first-order chi connectivity index (χ1) is 7.35. The molecule has 1 saturated carbocycles. The van der Waals surface area contributed by atoms with Crippen LogP contribution in [0.3, 0.4) is 0 Å². The van der Waals surface area contributed by atoms with Crippen LogP contribution in [-0.4, -0.2) is 43.3 Å². The first-order valence-corrected chi connectivity index (χ1v) is 5.97. The van der Waals surface area contributed by atoms with Crippen LogP contribution in [0.15, 0.2) is 0 Å². The Morgan fingerprint density at radius 3 is 2.47 bits per heavy atom. The summed E-state index contributed by atoms with van der Waals surface area (Å²) in [6.45, 7) is 2.69. The SMILES string of the molecule is OCCCNC1CCC2(CC1)OCCO2. The van der Waals surface area contributed by atoms with Gasteiger partial charge >= 0.3 is 0 Å². The Kier molecular flexibility index (Phi) is 3.97. The van der Waals surface area contributed by atoms with Gasteiger partial charge in [0.1, 0.15) is 0 Å². The van der Waals surface area contributed by atoms with Gasteiger partial charge in [-0.25, -0.2) is 0 Å². The molecule has 1 aliphatic carbocycles. The summed E-state index contributed by atoms with van der Waals surface area (Å²) in [6.07, 6.45) is 5.08. The second-order valence-electron chi connectivity index (χ2n) is 4.41. The van der Waals surface area contributed by atoms with E-state index in [-0.39, 0.29) is 12.4 Å². The van der Waals surface area contributed by atoms with Gasteiger partial charge in [0, 0.05) is 25.5 Å². The first-order valence-electron chi connectivity index (χ1n) is 5.97. The van der Waals surface area contributed by atoms with E-state index in [4.69, 9.17) is 14.6 Å². The van der Waals surface area contributed by atoms with Crippen molar-refractivity contribution in [2.24, 2.45) is 0 Å². The van der Waals surface area contributed by atoms with E-state index in [1.807, 2.05) is 0 Å². The van der Waals surface area contributed by atoms with Crippen LogP contribution in [0.5, 0.6) is 0 Å². The number of aliphatic hydroxyl groups excluding tert-OH is 1. The molecule has 1 spiro atoms. The second kappa shape index (κ2) is 5.25. The third-order valence-electron chi connectivity index (χ3n) is 3.33. The van der Waals surface area contributed by atoms with Crippen LogP contribution in [0.2, 0.25) is 0 Å². The van der Waals surface area contributed by atoms with E-state index >= 15 is 0 Å². The Bertz CT molecular complexity index is 182. The molecule has 1 saturated heterocycles. The monoisotopic (exact) mass is 215 g/mol. The van der Waals surface area contributed by atoms with Crippen molar-refractivity contribution in [3.63, 3.8) is 0 Å². The highest BCUT2D eigenvalue weighted by atomic mass is 16.7. The van der Waals surface area contributed by atoms with Gasteiger partial charge in [-0.2, -0.15) is 0 Å². The summed E-state index contributed by atoms with van der Waals surface area (Å²) in [7, 11) is 0. The molecule has 0 amide bonds. The van der Waals surface area contributed by atoms with Gasteiger partial charge in [0.25, 0.3) is 0 Å². The number of nitrogens with one attached hydrogen (secondary N) is 1. The highest BCUT2D eigenvalue weighted by molar-refractivity contribution is 4.85. The van der Waals surface area contributed by atoms with Crippen LogP contribution in [-0.2, 0) is 9.47 Å². The molecule has 0 atom stereocenters. The molecule has 0 radical (unpaired) electrons. The van der Waals surface area contributed by atoms with Crippen molar-refractivity contribution in [2.75, 3.05) is 26.4 Å². The van der Waals surface area contributed by atoms with Crippen molar-refractivity contribution in [1.29, 1.82) is 0 Å². The van der Waals surface area contributed by atoms with Crippen LogP contribution in [0, 0.1) is 0 Å². The quantitative estimate of drug-likeness (QED) is 0.676. The van der Waals surface area contributed by atoms with E-state index in [1.54, 1.807) is 0 Å². The topological polar surface area (TPSA) is 50.7 Å². The third-order valence-corrected chi connectivity index (χ3v) is 3.33. The molecule has 88 valence electrons. The minimum absolute atomic E-state index is 0.241. The Labute approximate surface area is 90.9 Å². The van der Waals surface area contributed by atoms with Crippen molar-refractivity contribution in [2.45, 2.75) is 43.9 Å². The highest BCUT2D eigenvalue weighted by Crippen LogP contribution is 2.35. The van der Waals surface area contributed by atoms with Crippen LogP contribution in [0.4, 0.5) is 0 Å². The standard InChI is InChI=1S/C11H21NO3/c13-7-1-6-12-10-2-4-11(5-3-10)14-8-9-15-11/h10,12-13H,1-9H2. The summed E-state index contributed by atoms with van der Waals surface area (Å²) in [5, 5.41) is 12.1. The molecule has 2 fully saturated rings. The maximum absolute atomic E-state index is 8.68. The van der Waals surface area contributed by atoms with Crippen molar-refractivity contribution in [3.8, 4) is 0 Å². The minimum Gasteiger partial charge on any atom is -0.396 e. The van der Waals surface area contributed by atoms with Crippen LogP contribution in [0.1, 0.15) is 32.1 Å². The van der Waals surface area contributed by atoms with Gasteiger partial charge in [-0.15, -0.1) is 0 Å². The zero-order valence-corrected chi connectivity index (χ0v) is 9.21. The fourth-order valence-electron chi connectivity index (χ4n) is 2.43. The zero-order valence-electron chi connectivity index (χ0n) is 9.21. The predicted molar refractivity (Wildman–Crippen MR) is 56.6 cm³/mol. The second-order valence-corrected chi connectivity index (χ2v) is 4.41. The van der Waals surface area contributed by atoms with Gasteiger partial charge < -0.3 is 19.9 Å². The maximum atomic E-state index is 8.68. The Balaban J connectivity index is 1.67. The molecule has 1 aliphatic heterocycles. The van der Waals surface area contributed by atoms with E-state index in [0.29, 0.717) is 6.04 Å². The lowest BCUT2D eigenvalue weighted by Gasteiger charge is -2.35. The molecular weight excluding hydrogens is 194 g/mol. The molecule has 0 aromatic carbocycles. The number of ether oxygens (including phenoxy) is 2. The zero-order chi connectivity index (χ0) is 10.6. The van der Waals surface area contributed by atoms with Gasteiger partial charge in [0.15, 0.2) is 5.79 Å². The lowest BCUT2D eigenvalue weighted by molar-refractivity contribution is -0.179. The minimum atomic E-state index is -0.241. The van der Waals surface area contributed by atoms with Gasteiger partial charge in [-0.1, -0.05) is 0 Å². The van der Waals surface area contributed by atoms with Crippen molar-refractivity contribution in [1.82, 2.24) is 5.32 Å². The normalized spacial score (nSPS) is 26.2. The molecule has 0 aromatic heterocycles. The smallest absolute Gasteiger partial charge is 0.168 e. The molecule has 2 aliphatic rings. The summed E-state index contributed by atoms with van der Waals surface area (Å²) in [4.78, 5) is 0. The fraction of sp³-hybridized carbons (Fsp3) is 1.00. The molecule has 15 heavy (non-hydrogen) atoms. The van der Waals surface area contributed by atoms with Gasteiger partial charge in [0.2, 0.25) is 0 Å². The lowest BCUT2D eigenvalue weighted by atomic mass is 9.90. The maximum Gasteiger partial charge on any atom is 0.168 e. The summed E-state index contributed by atoms with van der Waals surface area (Å²) in [5.41, 5.74) is 0. The summed E-state index contributed by atoms with van der Waals surface area (Å²) in [6, 6.07) is 0.579. The molecule has 0 unspecified atom stereocenters. The summed E-state index contributed by atoms with van der Waals surface area (Å²) < 4.78 is 11.3. The Hall–Kier alpha value is -0.160. The predicted octanol–water partition coefficient (Wildman–Crippen LogP) is 0.644. The highest BCUT2D eigenvalue weighted by Gasteiger charge is 2.39. The van der Waals surface area contributed by atoms with E-state index in [9.17, 15) is 0 Å². The molecule has 2 rings (SSSR count). The van der Waals surface area contributed by atoms with E-state index < -0.39 is 0 Å². The molecule has 2 N–H and O–H groups in total. The Morgan fingerprint density at radius 2 is 1.87 bits per heavy atom. The largest absolute Gasteiger partial charge is 0.396 e.